The van der Waals surface area contributed by atoms with Crippen molar-refractivity contribution in [3.05, 3.63) is 60.8 Å². The van der Waals surface area contributed by atoms with E-state index in [0.717, 1.165) is 77.0 Å². The summed E-state index contributed by atoms with van der Waals surface area (Å²) in [6.45, 7) is 6.79. The molecule has 70 heavy (non-hydrogen) atoms. The van der Waals surface area contributed by atoms with Crippen LogP contribution in [0.4, 0.5) is 0 Å². The number of nitrogens with zero attached hydrogens (tertiary/aromatic N) is 1. The van der Waals surface area contributed by atoms with Crippen molar-refractivity contribution in [2.75, 3.05) is 40.9 Å². The van der Waals surface area contributed by atoms with Crippen LogP contribution < -0.4 is 10.2 Å². The summed E-state index contributed by atoms with van der Waals surface area (Å²) in [5, 5.41) is 3.01. The van der Waals surface area contributed by atoms with Crippen molar-refractivity contribution in [1.29, 1.82) is 0 Å². The van der Waals surface area contributed by atoms with E-state index >= 15 is 0 Å². The van der Waals surface area contributed by atoms with Gasteiger partial charge in [0, 0.05) is 12.8 Å². The molecule has 0 aliphatic rings. The molecule has 408 valence electrons. The lowest BCUT2D eigenvalue weighted by molar-refractivity contribution is -0.870. The third-order valence-electron chi connectivity index (χ3n) is 12.7. The van der Waals surface area contributed by atoms with E-state index in [-0.39, 0.29) is 24.9 Å². The predicted molar refractivity (Wildman–Crippen MR) is 298 cm³/mol. The number of hydrogen-bond donors (Lipinski definition) is 1. The topological polar surface area (TPSA) is 114 Å². The molecule has 10 heteroatoms. The van der Waals surface area contributed by atoms with Gasteiger partial charge in [-0.2, -0.15) is 0 Å². The van der Waals surface area contributed by atoms with Crippen LogP contribution in [0.1, 0.15) is 258 Å². The average molecular weight is 1000 g/mol. The number of quaternary nitrogens is 1. The molecule has 0 aliphatic heterocycles. The van der Waals surface area contributed by atoms with E-state index in [0.29, 0.717) is 23.9 Å². The molecule has 0 bridgehead atoms. The summed E-state index contributed by atoms with van der Waals surface area (Å²) in [5.41, 5.74) is 0. The largest absolute Gasteiger partial charge is 0.756 e. The van der Waals surface area contributed by atoms with Gasteiger partial charge in [-0.1, -0.05) is 230 Å². The monoisotopic (exact) mass is 1000 g/mol. The van der Waals surface area contributed by atoms with Gasteiger partial charge in [-0.3, -0.25) is 14.2 Å². The third kappa shape index (κ3) is 50.6. The number of ether oxygens (including phenoxy) is 1. The lowest BCUT2D eigenvalue weighted by atomic mass is 10.0. The number of esters is 1. The molecule has 3 atom stereocenters. The van der Waals surface area contributed by atoms with Gasteiger partial charge in [-0.25, -0.2) is 0 Å². The summed E-state index contributed by atoms with van der Waals surface area (Å²) in [4.78, 5) is 39.8. The molecule has 0 aromatic rings. The second-order valence-corrected chi connectivity index (χ2v) is 22.2. The van der Waals surface area contributed by atoms with Crippen molar-refractivity contribution < 1.29 is 37.3 Å². The number of nitrogens with one attached hydrogen (secondary N) is 1. The number of carbonyl (C=O) groups excluding carboxylic acids is 2. The van der Waals surface area contributed by atoms with Crippen molar-refractivity contribution in [2.45, 2.75) is 270 Å². The fraction of sp³-hybridized carbons (Fsp3) is 0.800. The zero-order valence-corrected chi connectivity index (χ0v) is 47.4. The normalized spacial score (nSPS) is 14.2. The number of phosphoric ester groups is 1. The van der Waals surface area contributed by atoms with Gasteiger partial charge in [-0.05, 0) is 76.7 Å². The summed E-state index contributed by atoms with van der Waals surface area (Å²) in [6, 6.07) is -0.899. The van der Waals surface area contributed by atoms with Gasteiger partial charge in [0.15, 0.2) is 0 Å². The quantitative estimate of drug-likeness (QED) is 0.0212. The molecule has 1 amide bonds. The van der Waals surface area contributed by atoms with Crippen LogP contribution in [0.25, 0.3) is 0 Å². The Bertz CT molecular complexity index is 1390. The minimum atomic E-state index is -4.70. The number of allylic oxidation sites excluding steroid dienone is 9. The van der Waals surface area contributed by atoms with Gasteiger partial charge >= 0.3 is 5.97 Å². The highest BCUT2D eigenvalue weighted by molar-refractivity contribution is 7.45. The Morgan fingerprint density at radius 3 is 1.34 bits per heavy atom. The van der Waals surface area contributed by atoms with Crippen LogP contribution in [0.3, 0.4) is 0 Å². The SMILES string of the molecule is CCCCC/C=C\C/C=C\C/C=C\C/C=C\CCCCCC(=O)OC(/C=C/CCCCCCCCCCCC)C(COP(=O)([O-])OCC[N+](C)(C)C)NC(=O)CCCCCCCCCCCCCCC. The Labute approximate surface area is 432 Å². The van der Waals surface area contributed by atoms with Crippen molar-refractivity contribution in [3.63, 3.8) is 0 Å². The number of unbranched alkanes of at least 4 members (excludes halogenated alkanes) is 28. The van der Waals surface area contributed by atoms with Gasteiger partial charge in [0.05, 0.1) is 33.8 Å². The number of rotatable bonds is 52. The molecule has 0 spiro atoms. The molecule has 0 saturated heterocycles. The molecule has 0 heterocycles. The standard InChI is InChI=1S/C60H111N2O7P/c1-7-10-13-16-19-22-25-28-29-30-31-32-33-35-38-41-44-47-50-53-60(64)69-58(51-48-45-42-39-36-27-24-21-18-15-12-9-3)57(56-68-70(65,66)67-55-54-62(4,5)6)61-59(63)52-49-46-43-40-37-34-26-23-20-17-14-11-8-2/h19,22,28-29,31-32,35,38,48,51,57-58H,7-18,20-21,23-27,30,33-34,36-37,39-47,49-50,52-56H2,1-6H3,(H-,61,63,65,66)/b22-19-,29-28-,32-31-,38-35-,51-48+. The smallest absolute Gasteiger partial charge is 0.306 e. The lowest BCUT2D eigenvalue weighted by Crippen LogP contribution is -2.47. The van der Waals surface area contributed by atoms with Crippen molar-refractivity contribution in [3.8, 4) is 0 Å². The van der Waals surface area contributed by atoms with Gasteiger partial charge in [-0.15, -0.1) is 0 Å². The fourth-order valence-electron chi connectivity index (χ4n) is 8.15. The van der Waals surface area contributed by atoms with E-state index in [9.17, 15) is 19.0 Å². The number of phosphoric acid groups is 1. The van der Waals surface area contributed by atoms with Crippen molar-refractivity contribution >= 4 is 19.7 Å². The minimum Gasteiger partial charge on any atom is -0.756 e. The zero-order valence-electron chi connectivity index (χ0n) is 46.5. The van der Waals surface area contributed by atoms with E-state index in [4.69, 9.17) is 13.8 Å². The van der Waals surface area contributed by atoms with Crippen molar-refractivity contribution in [1.82, 2.24) is 5.32 Å². The van der Waals surface area contributed by atoms with Gasteiger partial charge in [0.1, 0.15) is 19.3 Å². The van der Waals surface area contributed by atoms with Crippen LogP contribution in [0, 0.1) is 0 Å². The van der Waals surface area contributed by atoms with Crippen LogP contribution in [-0.2, 0) is 27.9 Å². The number of likely N-dealkylation sites (N-methyl/N-ethyl adjacent to an activating group) is 1. The molecule has 0 aromatic heterocycles. The molecule has 0 radical (unpaired) electrons. The van der Waals surface area contributed by atoms with Gasteiger partial charge in [0.2, 0.25) is 5.91 Å². The molecular formula is C60H111N2O7P. The van der Waals surface area contributed by atoms with Crippen LogP contribution in [0.15, 0.2) is 60.8 Å². The van der Waals surface area contributed by atoms with Crippen LogP contribution in [0.5, 0.6) is 0 Å². The second kappa shape index (κ2) is 50.3. The van der Waals surface area contributed by atoms with Crippen LogP contribution in [0.2, 0.25) is 0 Å². The fourth-order valence-corrected chi connectivity index (χ4v) is 8.87. The summed E-state index contributed by atoms with van der Waals surface area (Å²) in [5.74, 6) is -0.573. The second-order valence-electron chi connectivity index (χ2n) is 20.8. The van der Waals surface area contributed by atoms with Gasteiger partial charge in [0.25, 0.3) is 7.82 Å². The predicted octanol–water partition coefficient (Wildman–Crippen LogP) is 16.9. The van der Waals surface area contributed by atoms with Crippen LogP contribution in [-0.4, -0.2) is 69.4 Å². The Morgan fingerprint density at radius 1 is 0.500 bits per heavy atom. The molecule has 0 aromatic carbocycles. The first-order valence-corrected chi connectivity index (χ1v) is 30.6. The average Bonchev–Trinajstić information content (AvgIpc) is 3.32. The molecular weight excluding hydrogens is 892 g/mol. The maximum absolute atomic E-state index is 13.5. The molecule has 0 saturated carbocycles. The molecule has 0 rings (SSSR count). The number of amides is 1. The van der Waals surface area contributed by atoms with Crippen molar-refractivity contribution in [2.24, 2.45) is 0 Å². The lowest BCUT2D eigenvalue weighted by Gasteiger charge is -2.30. The van der Waals surface area contributed by atoms with Crippen LogP contribution >= 0.6 is 7.82 Å². The molecule has 0 aliphatic carbocycles. The number of carbonyl (C=O) groups is 2. The zero-order chi connectivity index (χ0) is 51.5. The summed E-state index contributed by atoms with van der Waals surface area (Å²) in [6.07, 6.45) is 61.8. The Morgan fingerprint density at radius 2 is 0.871 bits per heavy atom. The Balaban J connectivity index is 5.38. The maximum Gasteiger partial charge on any atom is 0.306 e. The Hall–Kier alpha value is -2.29. The van der Waals surface area contributed by atoms with E-state index in [2.05, 4.69) is 74.7 Å². The molecule has 1 N–H and O–H groups in total. The van der Waals surface area contributed by atoms with E-state index in [1.54, 1.807) is 0 Å². The summed E-state index contributed by atoms with van der Waals surface area (Å²) in [7, 11) is 1.17. The van der Waals surface area contributed by atoms with E-state index in [1.807, 2.05) is 33.3 Å². The highest BCUT2D eigenvalue weighted by Crippen LogP contribution is 2.38. The van der Waals surface area contributed by atoms with E-state index < -0.39 is 26.6 Å². The molecule has 3 unspecified atom stereocenters. The first kappa shape index (κ1) is 67.7. The third-order valence-corrected chi connectivity index (χ3v) is 13.7. The highest BCUT2D eigenvalue weighted by atomic mass is 31.2. The summed E-state index contributed by atoms with van der Waals surface area (Å²) >= 11 is 0. The molecule has 0 fully saturated rings. The first-order valence-electron chi connectivity index (χ1n) is 29.1. The Kier molecular flexibility index (Phi) is 48.6. The molecule has 9 nitrogen and oxygen atoms in total. The summed E-state index contributed by atoms with van der Waals surface area (Å²) < 4.78 is 30.2. The highest BCUT2D eigenvalue weighted by Gasteiger charge is 2.27. The number of hydrogen-bond acceptors (Lipinski definition) is 7. The first-order chi connectivity index (χ1) is 33.9. The van der Waals surface area contributed by atoms with Gasteiger partial charge < -0.3 is 28.5 Å². The van der Waals surface area contributed by atoms with E-state index in [1.165, 1.54) is 141 Å². The maximum atomic E-state index is 13.5. The minimum absolute atomic E-state index is 0.0278.